The number of likely N-dealkylation sites (tertiary alicyclic amines) is 1. The molecule has 0 radical (unpaired) electrons. The molecule has 1 heterocycles. The van der Waals surface area contributed by atoms with E-state index in [1.165, 1.54) is 12.8 Å². The smallest absolute Gasteiger partial charge is 0.226 e. The predicted molar refractivity (Wildman–Crippen MR) is 125 cm³/mol. The number of piperidine rings is 1. The highest BCUT2D eigenvalue weighted by molar-refractivity contribution is 5.82. The molecule has 0 bridgehead atoms. The first-order valence-corrected chi connectivity index (χ1v) is 12.3. The maximum atomic E-state index is 12.6. The number of nitrogens with zero attached hydrogens (tertiary/aromatic N) is 1. The summed E-state index contributed by atoms with van der Waals surface area (Å²) in [5, 5.41) is 6.69. The van der Waals surface area contributed by atoms with E-state index in [1.54, 1.807) is 0 Å². The van der Waals surface area contributed by atoms with Crippen molar-refractivity contribution in [3.05, 3.63) is 0 Å². The molecule has 1 fully saturated rings. The van der Waals surface area contributed by atoms with Gasteiger partial charge < -0.3 is 25.0 Å². The van der Waals surface area contributed by atoms with Gasteiger partial charge in [-0.2, -0.15) is 0 Å². The van der Waals surface area contributed by atoms with Gasteiger partial charge in [0, 0.05) is 30.6 Å². The van der Waals surface area contributed by atoms with E-state index in [1.807, 2.05) is 0 Å². The molecule has 0 aromatic rings. The number of rotatable bonds is 17. The summed E-state index contributed by atoms with van der Waals surface area (Å²) in [4.78, 5) is 15.0. The fourth-order valence-electron chi connectivity index (χ4n) is 4.23. The molecule has 30 heavy (non-hydrogen) atoms. The fraction of sp³-hybridized carbons (Fsp3) is 0.958. The van der Waals surface area contributed by atoms with Crippen LogP contribution < -0.4 is 10.6 Å². The lowest BCUT2D eigenvalue weighted by molar-refractivity contribution is -0.131. The number of unbranched alkanes of at least 4 members (excludes halogenated alkanes) is 1. The van der Waals surface area contributed by atoms with Gasteiger partial charge in [-0.15, -0.1) is 0 Å². The van der Waals surface area contributed by atoms with Crippen molar-refractivity contribution < 1.29 is 14.3 Å². The second-order valence-electron chi connectivity index (χ2n) is 9.33. The van der Waals surface area contributed by atoms with E-state index < -0.39 is 0 Å². The Morgan fingerprint density at radius 2 is 1.70 bits per heavy atom. The SMILES string of the molecule is CCCCC(C)(CCC)C(=O)NCCOCCOCCN1CCC(NC(C)C)CC1. The maximum absolute atomic E-state index is 12.6. The third-order valence-electron chi connectivity index (χ3n) is 6.04. The summed E-state index contributed by atoms with van der Waals surface area (Å²) in [7, 11) is 0. The van der Waals surface area contributed by atoms with Crippen molar-refractivity contribution in [2.24, 2.45) is 5.41 Å². The molecule has 6 nitrogen and oxygen atoms in total. The first-order valence-electron chi connectivity index (χ1n) is 12.3. The molecule has 0 aliphatic carbocycles. The van der Waals surface area contributed by atoms with Gasteiger partial charge in [0.2, 0.25) is 5.91 Å². The Bertz CT molecular complexity index is 439. The van der Waals surface area contributed by atoms with Crippen LogP contribution in [0.3, 0.4) is 0 Å². The van der Waals surface area contributed by atoms with Crippen molar-refractivity contribution in [1.29, 1.82) is 0 Å². The van der Waals surface area contributed by atoms with Crippen molar-refractivity contribution in [2.45, 2.75) is 91.6 Å². The molecule has 1 unspecified atom stereocenters. The first-order chi connectivity index (χ1) is 14.4. The largest absolute Gasteiger partial charge is 0.378 e. The van der Waals surface area contributed by atoms with Crippen molar-refractivity contribution in [2.75, 3.05) is 52.6 Å². The Labute approximate surface area is 185 Å². The normalized spacial score (nSPS) is 17.9. The van der Waals surface area contributed by atoms with Crippen LogP contribution in [-0.4, -0.2) is 75.5 Å². The third kappa shape index (κ3) is 11.6. The molecule has 1 rings (SSSR count). The molecule has 0 aromatic heterocycles. The fourth-order valence-corrected chi connectivity index (χ4v) is 4.23. The number of amides is 1. The lowest BCUT2D eigenvalue weighted by atomic mass is 9.80. The predicted octanol–water partition coefficient (Wildman–Crippen LogP) is 3.59. The Morgan fingerprint density at radius 3 is 2.30 bits per heavy atom. The van der Waals surface area contributed by atoms with Gasteiger partial charge in [-0.3, -0.25) is 4.79 Å². The summed E-state index contributed by atoms with van der Waals surface area (Å²) in [6, 6.07) is 1.24. The van der Waals surface area contributed by atoms with E-state index in [0.29, 0.717) is 38.4 Å². The second kappa shape index (κ2) is 16.0. The van der Waals surface area contributed by atoms with Gasteiger partial charge in [0.1, 0.15) is 0 Å². The van der Waals surface area contributed by atoms with Gasteiger partial charge in [-0.1, -0.05) is 53.9 Å². The molecule has 6 heteroatoms. The monoisotopic (exact) mass is 427 g/mol. The minimum Gasteiger partial charge on any atom is -0.378 e. The highest BCUT2D eigenvalue weighted by Gasteiger charge is 2.31. The molecule has 0 spiro atoms. The Hall–Kier alpha value is -0.690. The zero-order chi connectivity index (χ0) is 22.2. The second-order valence-corrected chi connectivity index (χ2v) is 9.33. The summed E-state index contributed by atoms with van der Waals surface area (Å²) < 4.78 is 11.3. The molecule has 178 valence electrons. The number of ether oxygens (including phenoxy) is 2. The lowest BCUT2D eigenvalue weighted by Gasteiger charge is -2.33. The molecule has 0 saturated carbocycles. The topological polar surface area (TPSA) is 62.8 Å². The number of nitrogens with one attached hydrogen (secondary N) is 2. The van der Waals surface area contributed by atoms with Crippen LogP contribution in [0, 0.1) is 5.41 Å². The summed E-state index contributed by atoms with van der Waals surface area (Å²) >= 11 is 0. The van der Waals surface area contributed by atoms with Crippen LogP contribution >= 0.6 is 0 Å². The van der Waals surface area contributed by atoms with Crippen LogP contribution in [0.15, 0.2) is 0 Å². The molecule has 2 N–H and O–H groups in total. The third-order valence-corrected chi connectivity index (χ3v) is 6.04. The van der Waals surface area contributed by atoms with Gasteiger partial charge in [0.05, 0.1) is 26.4 Å². The Morgan fingerprint density at radius 1 is 1.03 bits per heavy atom. The number of hydrogen-bond donors (Lipinski definition) is 2. The van der Waals surface area contributed by atoms with Gasteiger partial charge in [-0.05, 0) is 38.8 Å². The highest BCUT2D eigenvalue weighted by Crippen LogP contribution is 2.30. The molecule has 1 atom stereocenters. The molecule has 1 saturated heterocycles. The zero-order valence-electron chi connectivity index (χ0n) is 20.4. The minimum atomic E-state index is -0.243. The van der Waals surface area contributed by atoms with E-state index in [-0.39, 0.29) is 11.3 Å². The van der Waals surface area contributed by atoms with E-state index in [4.69, 9.17) is 9.47 Å². The van der Waals surface area contributed by atoms with Gasteiger partial charge in [0.25, 0.3) is 0 Å². The summed E-state index contributed by atoms with van der Waals surface area (Å²) in [5.41, 5.74) is -0.243. The van der Waals surface area contributed by atoms with Crippen LogP contribution in [0.25, 0.3) is 0 Å². The van der Waals surface area contributed by atoms with Gasteiger partial charge in [0.15, 0.2) is 0 Å². The quantitative estimate of drug-likeness (QED) is 0.347. The number of carbonyl (C=O) groups excluding carboxylic acids is 1. The Kier molecular flexibility index (Phi) is 14.6. The standard InChI is InChI=1S/C24H49N3O3/c1-6-8-12-24(5,11-7-2)23(28)25-13-17-29-19-20-30-18-16-27-14-9-22(10-15-27)26-21(3)4/h21-22,26H,6-20H2,1-5H3,(H,25,28). The van der Waals surface area contributed by atoms with Crippen molar-refractivity contribution in [3.8, 4) is 0 Å². The molecule has 0 aromatic carbocycles. The van der Waals surface area contributed by atoms with Crippen LogP contribution in [0.2, 0.25) is 0 Å². The molecular formula is C24H49N3O3. The van der Waals surface area contributed by atoms with Crippen LogP contribution in [-0.2, 0) is 14.3 Å². The number of carbonyl (C=O) groups is 1. The lowest BCUT2D eigenvalue weighted by Crippen LogP contribution is -2.45. The van der Waals surface area contributed by atoms with Crippen LogP contribution in [0.5, 0.6) is 0 Å². The summed E-state index contributed by atoms with van der Waals surface area (Å²) in [5.74, 6) is 0.171. The van der Waals surface area contributed by atoms with E-state index >= 15 is 0 Å². The van der Waals surface area contributed by atoms with Crippen molar-refractivity contribution in [3.63, 3.8) is 0 Å². The van der Waals surface area contributed by atoms with Crippen molar-refractivity contribution >= 4 is 5.91 Å². The molecule has 1 aliphatic rings. The molecular weight excluding hydrogens is 378 g/mol. The zero-order valence-corrected chi connectivity index (χ0v) is 20.4. The van der Waals surface area contributed by atoms with E-state index in [9.17, 15) is 4.79 Å². The van der Waals surface area contributed by atoms with Crippen molar-refractivity contribution in [1.82, 2.24) is 15.5 Å². The highest BCUT2D eigenvalue weighted by atomic mass is 16.5. The average Bonchev–Trinajstić information content (AvgIpc) is 2.71. The maximum Gasteiger partial charge on any atom is 0.226 e. The number of hydrogen-bond acceptors (Lipinski definition) is 5. The first kappa shape index (κ1) is 27.3. The van der Waals surface area contributed by atoms with Crippen LogP contribution in [0.1, 0.15) is 79.6 Å². The van der Waals surface area contributed by atoms with Crippen LogP contribution in [0.4, 0.5) is 0 Å². The average molecular weight is 428 g/mol. The van der Waals surface area contributed by atoms with Gasteiger partial charge >= 0.3 is 0 Å². The summed E-state index contributed by atoms with van der Waals surface area (Å²) in [6.07, 6.45) is 7.62. The minimum absolute atomic E-state index is 0.171. The van der Waals surface area contributed by atoms with E-state index in [0.717, 1.165) is 58.3 Å². The molecule has 1 aliphatic heterocycles. The van der Waals surface area contributed by atoms with Gasteiger partial charge in [-0.25, -0.2) is 0 Å². The Balaban J connectivity index is 2.00. The van der Waals surface area contributed by atoms with E-state index in [2.05, 4.69) is 50.2 Å². The molecule has 1 amide bonds. The summed E-state index contributed by atoms with van der Waals surface area (Å²) in [6.45, 7) is 17.2.